The Labute approximate surface area is 81.1 Å². The van der Waals surface area contributed by atoms with E-state index < -0.39 is 12.0 Å². The number of rotatable bonds is 2. The van der Waals surface area contributed by atoms with E-state index in [2.05, 4.69) is 0 Å². The van der Waals surface area contributed by atoms with Gasteiger partial charge in [-0.05, 0) is 6.07 Å². The third-order valence-electron chi connectivity index (χ3n) is 2.43. The number of fused-ring (bicyclic) bond motifs is 1. The van der Waals surface area contributed by atoms with Crippen molar-refractivity contribution < 1.29 is 14.6 Å². The van der Waals surface area contributed by atoms with Gasteiger partial charge in [0.2, 0.25) is 0 Å². The molecule has 1 aliphatic heterocycles. The largest absolute Gasteiger partial charge is 0.480 e. The summed E-state index contributed by atoms with van der Waals surface area (Å²) >= 11 is 0. The molecule has 0 bridgehead atoms. The minimum absolute atomic E-state index is 0.448. The Morgan fingerprint density at radius 2 is 2.50 bits per heavy atom. The second kappa shape index (κ2) is 3.43. The first-order chi connectivity index (χ1) is 6.70. The first-order valence-electron chi connectivity index (χ1n) is 4.44. The van der Waals surface area contributed by atoms with Crippen LogP contribution < -0.4 is 5.73 Å². The van der Waals surface area contributed by atoms with Crippen LogP contribution in [0.1, 0.15) is 17.3 Å². The van der Waals surface area contributed by atoms with E-state index in [0.29, 0.717) is 18.8 Å². The number of aliphatic carboxylic acids is 1. The van der Waals surface area contributed by atoms with Gasteiger partial charge in [-0.15, -0.1) is 0 Å². The number of nitrogens with zero attached hydrogens (tertiary/aromatic N) is 1. The number of ether oxygens (including phenoxy) is 1. The highest BCUT2D eigenvalue weighted by molar-refractivity contribution is 5.75. The Morgan fingerprint density at radius 1 is 1.71 bits per heavy atom. The molecule has 1 aromatic rings. The fraction of sp³-hybridized carbons (Fsp3) is 0.444. The van der Waals surface area contributed by atoms with Crippen molar-refractivity contribution in [1.29, 1.82) is 0 Å². The van der Waals surface area contributed by atoms with Crippen molar-refractivity contribution in [3.05, 3.63) is 23.5 Å². The molecule has 0 spiro atoms. The van der Waals surface area contributed by atoms with Gasteiger partial charge in [0, 0.05) is 24.0 Å². The molecule has 0 saturated heterocycles. The molecule has 0 aromatic carbocycles. The normalized spacial score (nSPS) is 17.5. The number of carboxylic acid groups (broad SMARTS) is 1. The molecule has 0 saturated carbocycles. The summed E-state index contributed by atoms with van der Waals surface area (Å²) in [6, 6.07) is 0.802. The second-order valence-corrected chi connectivity index (χ2v) is 3.28. The number of hydrogen-bond donors (Lipinski definition) is 2. The van der Waals surface area contributed by atoms with Crippen LogP contribution in [0.4, 0.5) is 0 Å². The second-order valence-electron chi connectivity index (χ2n) is 3.28. The first-order valence-corrected chi connectivity index (χ1v) is 4.44. The van der Waals surface area contributed by atoms with Gasteiger partial charge in [0.15, 0.2) is 0 Å². The summed E-state index contributed by atoms with van der Waals surface area (Å²) in [5.74, 6) is -1.01. The van der Waals surface area contributed by atoms with Crippen LogP contribution >= 0.6 is 0 Å². The van der Waals surface area contributed by atoms with E-state index >= 15 is 0 Å². The van der Waals surface area contributed by atoms with E-state index in [0.717, 1.165) is 12.2 Å². The van der Waals surface area contributed by atoms with E-state index in [4.69, 9.17) is 15.6 Å². The molecule has 2 rings (SSSR count). The van der Waals surface area contributed by atoms with Crippen LogP contribution in [-0.2, 0) is 22.7 Å². The number of hydrogen-bond acceptors (Lipinski definition) is 3. The van der Waals surface area contributed by atoms with Crippen molar-refractivity contribution in [1.82, 2.24) is 4.57 Å². The van der Waals surface area contributed by atoms with Crippen LogP contribution in [0.25, 0.3) is 0 Å². The van der Waals surface area contributed by atoms with Gasteiger partial charge in [0.05, 0.1) is 13.2 Å². The molecule has 5 heteroatoms. The third-order valence-corrected chi connectivity index (χ3v) is 2.43. The molecule has 1 aliphatic rings. The molecule has 14 heavy (non-hydrogen) atoms. The Morgan fingerprint density at radius 3 is 3.21 bits per heavy atom. The fourth-order valence-corrected chi connectivity index (χ4v) is 1.65. The van der Waals surface area contributed by atoms with E-state index in [1.165, 1.54) is 0 Å². The van der Waals surface area contributed by atoms with Gasteiger partial charge >= 0.3 is 5.97 Å². The fourth-order valence-electron chi connectivity index (χ4n) is 1.65. The third kappa shape index (κ3) is 1.40. The molecule has 0 fully saturated rings. The zero-order valence-electron chi connectivity index (χ0n) is 7.64. The molecule has 0 amide bonds. The van der Waals surface area contributed by atoms with Gasteiger partial charge in [-0.25, -0.2) is 0 Å². The topological polar surface area (TPSA) is 77.5 Å². The number of carboxylic acids is 1. The van der Waals surface area contributed by atoms with E-state index in [1.54, 1.807) is 6.07 Å². The van der Waals surface area contributed by atoms with Crippen LogP contribution in [0.5, 0.6) is 0 Å². The van der Waals surface area contributed by atoms with Gasteiger partial charge in [-0.2, -0.15) is 0 Å². The predicted molar refractivity (Wildman–Crippen MR) is 48.7 cm³/mol. The average Bonchev–Trinajstić information content (AvgIpc) is 2.60. The lowest BCUT2D eigenvalue weighted by Gasteiger charge is -2.18. The lowest BCUT2D eigenvalue weighted by molar-refractivity contribution is -0.138. The molecule has 5 nitrogen and oxygen atoms in total. The lowest BCUT2D eigenvalue weighted by Crippen LogP contribution is -2.24. The van der Waals surface area contributed by atoms with Gasteiger partial charge in [0.1, 0.15) is 6.04 Å². The highest BCUT2D eigenvalue weighted by atomic mass is 16.5. The maximum Gasteiger partial charge on any atom is 0.325 e. The highest BCUT2D eigenvalue weighted by Crippen LogP contribution is 2.21. The van der Waals surface area contributed by atoms with Gasteiger partial charge in [-0.1, -0.05) is 0 Å². The minimum Gasteiger partial charge on any atom is -0.480 e. The number of carbonyl (C=O) groups is 1. The summed E-state index contributed by atoms with van der Waals surface area (Å²) < 4.78 is 7.24. The zero-order chi connectivity index (χ0) is 10.1. The maximum atomic E-state index is 10.7. The number of nitrogens with two attached hydrogens (primary N) is 1. The van der Waals surface area contributed by atoms with Crippen LogP contribution in [0, 0.1) is 0 Å². The van der Waals surface area contributed by atoms with Crippen molar-refractivity contribution in [3.63, 3.8) is 0 Å². The van der Waals surface area contributed by atoms with Crippen molar-refractivity contribution in [2.24, 2.45) is 5.73 Å². The van der Waals surface area contributed by atoms with Crippen LogP contribution in [0.15, 0.2) is 12.3 Å². The molecule has 1 unspecified atom stereocenters. The first kappa shape index (κ1) is 9.23. The molecule has 1 aromatic heterocycles. The van der Waals surface area contributed by atoms with Crippen molar-refractivity contribution >= 4 is 5.97 Å². The van der Waals surface area contributed by atoms with Crippen LogP contribution in [-0.4, -0.2) is 22.2 Å². The highest BCUT2D eigenvalue weighted by Gasteiger charge is 2.22. The minimum atomic E-state index is -1.01. The van der Waals surface area contributed by atoms with Gasteiger partial charge in [-0.3, -0.25) is 4.79 Å². The molecule has 76 valence electrons. The molecule has 0 radical (unpaired) electrons. The van der Waals surface area contributed by atoms with E-state index in [1.807, 2.05) is 10.8 Å². The monoisotopic (exact) mass is 196 g/mol. The summed E-state index contributed by atoms with van der Waals surface area (Å²) in [6.07, 6.45) is 1.86. The Bertz CT molecular complexity index is 359. The maximum absolute atomic E-state index is 10.7. The Hall–Kier alpha value is -1.33. The lowest BCUT2D eigenvalue weighted by atomic mass is 10.1. The molecular formula is C9H12N2O3. The summed E-state index contributed by atoms with van der Waals surface area (Å²) in [7, 11) is 0. The zero-order valence-corrected chi connectivity index (χ0v) is 7.64. The van der Waals surface area contributed by atoms with Crippen molar-refractivity contribution in [2.75, 3.05) is 6.61 Å². The van der Waals surface area contributed by atoms with E-state index in [9.17, 15) is 4.79 Å². The summed E-state index contributed by atoms with van der Waals surface area (Å²) in [5.41, 5.74) is 7.07. The summed E-state index contributed by atoms with van der Waals surface area (Å²) in [5, 5.41) is 8.78. The van der Waals surface area contributed by atoms with Crippen molar-refractivity contribution in [3.8, 4) is 0 Å². The molecule has 0 aliphatic carbocycles. The Balaban J connectivity index is 2.34. The smallest absolute Gasteiger partial charge is 0.325 e. The van der Waals surface area contributed by atoms with Gasteiger partial charge < -0.3 is 20.1 Å². The quantitative estimate of drug-likeness (QED) is 0.703. The Kier molecular flexibility index (Phi) is 2.26. The molecule has 2 heterocycles. The average molecular weight is 196 g/mol. The predicted octanol–water partition coefficient (Wildman–Crippen LogP) is 0.103. The summed E-state index contributed by atoms with van der Waals surface area (Å²) in [4.78, 5) is 10.7. The SMILES string of the molecule is NC(C(=O)O)c1ccn2c1COCC2. The molecule has 3 N–H and O–H groups in total. The standard InChI is InChI=1S/C9H12N2O3/c10-8(9(12)13)6-1-2-11-3-4-14-5-7(6)11/h1-2,8H,3-5,10H2,(H,12,13). The number of aromatic nitrogens is 1. The van der Waals surface area contributed by atoms with Crippen LogP contribution in [0.3, 0.4) is 0 Å². The molecule has 1 atom stereocenters. The van der Waals surface area contributed by atoms with E-state index in [-0.39, 0.29) is 0 Å². The molecular weight excluding hydrogens is 184 g/mol. The van der Waals surface area contributed by atoms with Crippen molar-refractivity contribution in [2.45, 2.75) is 19.2 Å². The summed E-state index contributed by atoms with van der Waals surface area (Å²) in [6.45, 7) is 1.88. The van der Waals surface area contributed by atoms with Gasteiger partial charge in [0.25, 0.3) is 0 Å². The van der Waals surface area contributed by atoms with Crippen LogP contribution in [0.2, 0.25) is 0 Å².